The number of amides is 2. The Balaban J connectivity index is 2.48. The molecule has 1 aliphatic rings. The molecule has 0 aromatic heterocycles. The summed E-state index contributed by atoms with van der Waals surface area (Å²) < 4.78 is 5.51. The van der Waals surface area contributed by atoms with Crippen LogP contribution < -0.4 is 10.6 Å². The van der Waals surface area contributed by atoms with Crippen LogP contribution in [0.2, 0.25) is 0 Å². The second kappa shape index (κ2) is 5.45. The summed E-state index contributed by atoms with van der Waals surface area (Å²) in [5.41, 5.74) is -0.286. The van der Waals surface area contributed by atoms with Crippen LogP contribution >= 0.6 is 0 Å². The van der Waals surface area contributed by atoms with E-state index in [4.69, 9.17) is 9.84 Å². The fourth-order valence-corrected chi connectivity index (χ4v) is 2.39. The van der Waals surface area contributed by atoms with Gasteiger partial charge < -0.3 is 20.5 Å². The molecular weight excluding hydrogens is 232 g/mol. The lowest BCUT2D eigenvalue weighted by molar-refractivity contribution is -0.177. The highest BCUT2D eigenvalue weighted by molar-refractivity contribution is 5.75. The zero-order chi connectivity index (χ0) is 14.0. The highest BCUT2D eigenvalue weighted by Crippen LogP contribution is 2.51. The van der Waals surface area contributed by atoms with E-state index in [1.807, 2.05) is 6.92 Å². The van der Waals surface area contributed by atoms with E-state index in [1.165, 1.54) is 0 Å². The molecule has 106 valence electrons. The Morgan fingerprint density at radius 2 is 2.11 bits per heavy atom. The molecule has 0 saturated heterocycles. The Morgan fingerprint density at radius 3 is 2.50 bits per heavy atom. The van der Waals surface area contributed by atoms with E-state index >= 15 is 0 Å². The largest absolute Gasteiger partial charge is 0.394 e. The standard InChI is InChI=1S/C13H26N2O3/c1-6-9(8-16)14-11(17)15-10-7-13(4,18-5)12(10,2)3/h9-10,16H,6-8H2,1-5H3,(H2,14,15,17). The van der Waals surface area contributed by atoms with Gasteiger partial charge in [0, 0.05) is 18.6 Å². The van der Waals surface area contributed by atoms with Crippen molar-refractivity contribution in [1.82, 2.24) is 10.6 Å². The van der Waals surface area contributed by atoms with Crippen molar-refractivity contribution in [3.05, 3.63) is 0 Å². The maximum atomic E-state index is 11.8. The van der Waals surface area contributed by atoms with Gasteiger partial charge in [-0.3, -0.25) is 0 Å². The third-order valence-electron chi connectivity index (χ3n) is 4.63. The molecule has 0 radical (unpaired) electrons. The lowest BCUT2D eigenvalue weighted by atomic mass is 9.56. The number of hydrogen-bond donors (Lipinski definition) is 3. The van der Waals surface area contributed by atoms with E-state index in [9.17, 15) is 4.79 Å². The number of aliphatic hydroxyl groups is 1. The number of nitrogens with one attached hydrogen (secondary N) is 2. The number of methoxy groups -OCH3 is 1. The number of urea groups is 1. The normalized spacial score (nSPS) is 31.3. The van der Waals surface area contributed by atoms with Gasteiger partial charge in [-0.1, -0.05) is 20.8 Å². The number of ether oxygens (including phenoxy) is 1. The summed E-state index contributed by atoms with van der Waals surface area (Å²) >= 11 is 0. The van der Waals surface area contributed by atoms with Crippen molar-refractivity contribution in [3.63, 3.8) is 0 Å². The average molecular weight is 258 g/mol. The molecule has 0 aliphatic heterocycles. The van der Waals surface area contributed by atoms with Crippen LogP contribution in [-0.2, 0) is 4.74 Å². The van der Waals surface area contributed by atoms with E-state index in [0.717, 1.165) is 6.42 Å². The van der Waals surface area contributed by atoms with Crippen molar-refractivity contribution in [1.29, 1.82) is 0 Å². The van der Waals surface area contributed by atoms with Gasteiger partial charge in [0.15, 0.2) is 0 Å². The van der Waals surface area contributed by atoms with Crippen molar-refractivity contribution in [2.24, 2.45) is 5.41 Å². The first-order valence-corrected chi connectivity index (χ1v) is 6.53. The first-order valence-electron chi connectivity index (χ1n) is 6.53. The molecule has 1 fully saturated rings. The molecule has 0 aromatic rings. The molecule has 2 amide bonds. The maximum Gasteiger partial charge on any atom is 0.315 e. The van der Waals surface area contributed by atoms with Crippen molar-refractivity contribution >= 4 is 6.03 Å². The SMILES string of the molecule is CCC(CO)NC(=O)NC1CC(C)(OC)C1(C)C. The minimum Gasteiger partial charge on any atom is -0.394 e. The summed E-state index contributed by atoms with van der Waals surface area (Å²) in [6.07, 6.45) is 1.52. The van der Waals surface area contributed by atoms with Crippen LogP contribution in [0.25, 0.3) is 0 Å². The second-order valence-electron chi connectivity index (χ2n) is 5.82. The minimum absolute atomic E-state index is 0.0340. The molecule has 1 saturated carbocycles. The van der Waals surface area contributed by atoms with Gasteiger partial charge in [-0.05, 0) is 19.8 Å². The molecule has 3 unspecified atom stereocenters. The Kier molecular flexibility index (Phi) is 4.61. The summed E-state index contributed by atoms with van der Waals surface area (Å²) in [7, 11) is 1.71. The number of rotatable bonds is 5. The molecule has 5 heteroatoms. The lowest BCUT2D eigenvalue weighted by Crippen LogP contribution is -2.69. The number of hydrogen-bond acceptors (Lipinski definition) is 3. The predicted molar refractivity (Wildman–Crippen MR) is 70.4 cm³/mol. The third-order valence-corrected chi connectivity index (χ3v) is 4.63. The Morgan fingerprint density at radius 1 is 1.50 bits per heavy atom. The molecule has 0 spiro atoms. The summed E-state index contributed by atoms with van der Waals surface area (Å²) in [4.78, 5) is 11.8. The van der Waals surface area contributed by atoms with Crippen LogP contribution in [0.1, 0.15) is 40.5 Å². The van der Waals surface area contributed by atoms with Crippen molar-refractivity contribution in [2.45, 2.75) is 58.2 Å². The monoisotopic (exact) mass is 258 g/mol. The minimum atomic E-state index is -0.216. The van der Waals surface area contributed by atoms with Gasteiger partial charge in [0.05, 0.1) is 18.2 Å². The Bertz CT molecular complexity index is 303. The molecule has 0 aromatic carbocycles. The maximum absolute atomic E-state index is 11.8. The van der Waals surface area contributed by atoms with Crippen molar-refractivity contribution in [3.8, 4) is 0 Å². The molecular formula is C13H26N2O3. The predicted octanol–water partition coefficient (Wildman–Crippen LogP) is 1.26. The number of carbonyl (C=O) groups is 1. The number of carbonyl (C=O) groups excluding carboxylic acids is 1. The van der Waals surface area contributed by atoms with Crippen LogP contribution in [0.5, 0.6) is 0 Å². The highest BCUT2D eigenvalue weighted by atomic mass is 16.5. The van der Waals surface area contributed by atoms with E-state index in [0.29, 0.717) is 6.42 Å². The smallest absolute Gasteiger partial charge is 0.315 e. The van der Waals surface area contributed by atoms with Crippen LogP contribution in [0, 0.1) is 5.41 Å². The molecule has 5 nitrogen and oxygen atoms in total. The molecule has 0 heterocycles. The van der Waals surface area contributed by atoms with Gasteiger partial charge in [-0.2, -0.15) is 0 Å². The Labute approximate surface area is 109 Å². The summed E-state index contributed by atoms with van der Waals surface area (Å²) in [6, 6.07) is -0.298. The van der Waals surface area contributed by atoms with Crippen LogP contribution in [0.4, 0.5) is 4.79 Å². The topological polar surface area (TPSA) is 70.6 Å². The summed E-state index contributed by atoms with van der Waals surface area (Å²) in [6.45, 7) is 8.14. The van der Waals surface area contributed by atoms with E-state index in [2.05, 4.69) is 31.4 Å². The van der Waals surface area contributed by atoms with E-state index in [1.54, 1.807) is 7.11 Å². The van der Waals surface area contributed by atoms with Gasteiger partial charge in [0.1, 0.15) is 0 Å². The highest BCUT2D eigenvalue weighted by Gasteiger charge is 2.58. The fraction of sp³-hybridized carbons (Fsp3) is 0.923. The lowest BCUT2D eigenvalue weighted by Gasteiger charge is -2.59. The first kappa shape index (κ1) is 15.2. The molecule has 3 atom stereocenters. The molecule has 1 rings (SSSR count). The molecule has 0 bridgehead atoms. The van der Waals surface area contributed by atoms with Gasteiger partial charge in [-0.25, -0.2) is 4.79 Å². The quantitative estimate of drug-likeness (QED) is 0.695. The Hall–Kier alpha value is -0.810. The van der Waals surface area contributed by atoms with Crippen molar-refractivity contribution < 1.29 is 14.6 Å². The van der Waals surface area contributed by atoms with Gasteiger partial charge >= 0.3 is 6.03 Å². The first-order chi connectivity index (χ1) is 8.30. The molecule has 3 N–H and O–H groups in total. The zero-order valence-corrected chi connectivity index (χ0v) is 12.0. The van der Waals surface area contributed by atoms with E-state index < -0.39 is 0 Å². The van der Waals surface area contributed by atoms with Crippen LogP contribution in [0.3, 0.4) is 0 Å². The average Bonchev–Trinajstić information content (AvgIpc) is 2.34. The van der Waals surface area contributed by atoms with Gasteiger partial charge in [0.25, 0.3) is 0 Å². The van der Waals surface area contributed by atoms with Crippen LogP contribution in [0.15, 0.2) is 0 Å². The summed E-state index contributed by atoms with van der Waals surface area (Å²) in [5, 5.41) is 14.8. The van der Waals surface area contributed by atoms with Crippen LogP contribution in [-0.4, -0.2) is 42.5 Å². The third kappa shape index (κ3) is 2.62. The number of aliphatic hydroxyl groups excluding tert-OH is 1. The van der Waals surface area contributed by atoms with E-state index in [-0.39, 0.29) is 35.7 Å². The second-order valence-corrected chi connectivity index (χ2v) is 5.82. The van der Waals surface area contributed by atoms with Gasteiger partial charge in [0.2, 0.25) is 0 Å². The van der Waals surface area contributed by atoms with Gasteiger partial charge in [-0.15, -0.1) is 0 Å². The zero-order valence-electron chi connectivity index (χ0n) is 12.0. The molecule has 18 heavy (non-hydrogen) atoms. The summed E-state index contributed by atoms with van der Waals surface area (Å²) in [5.74, 6) is 0. The van der Waals surface area contributed by atoms with Crippen molar-refractivity contribution in [2.75, 3.05) is 13.7 Å². The fourth-order valence-electron chi connectivity index (χ4n) is 2.39. The molecule has 1 aliphatic carbocycles.